The SMILES string of the molecule is CNc1cc(C(=O)NC(C)(C)C(N)=O)c([N+](=O)[O-])cn1. The molecule has 108 valence electrons. The van der Waals surface area contributed by atoms with Crippen molar-refractivity contribution in [2.75, 3.05) is 12.4 Å². The Morgan fingerprint density at radius 1 is 1.45 bits per heavy atom. The lowest BCUT2D eigenvalue weighted by atomic mass is 10.0. The first-order chi connectivity index (χ1) is 9.19. The molecule has 0 unspecified atom stereocenters. The first-order valence-corrected chi connectivity index (χ1v) is 5.63. The number of nitro groups is 1. The van der Waals surface area contributed by atoms with E-state index in [1.165, 1.54) is 19.9 Å². The van der Waals surface area contributed by atoms with E-state index in [1.807, 2.05) is 0 Å². The number of nitrogens with two attached hydrogens (primary N) is 1. The minimum atomic E-state index is -1.33. The molecule has 0 radical (unpaired) electrons. The molecule has 0 saturated heterocycles. The summed E-state index contributed by atoms with van der Waals surface area (Å²) >= 11 is 0. The summed E-state index contributed by atoms with van der Waals surface area (Å²) in [5.41, 5.74) is 3.15. The number of anilines is 1. The van der Waals surface area contributed by atoms with E-state index in [0.717, 1.165) is 6.20 Å². The predicted molar refractivity (Wildman–Crippen MR) is 71.2 cm³/mol. The van der Waals surface area contributed by atoms with Gasteiger partial charge >= 0.3 is 0 Å². The molecule has 9 nitrogen and oxygen atoms in total. The van der Waals surface area contributed by atoms with E-state index < -0.39 is 28.0 Å². The van der Waals surface area contributed by atoms with Crippen LogP contribution in [0.3, 0.4) is 0 Å². The van der Waals surface area contributed by atoms with Gasteiger partial charge in [0.2, 0.25) is 5.91 Å². The van der Waals surface area contributed by atoms with Crippen LogP contribution in [0.2, 0.25) is 0 Å². The van der Waals surface area contributed by atoms with Gasteiger partial charge in [-0.05, 0) is 13.8 Å². The number of amides is 2. The Morgan fingerprint density at radius 3 is 2.50 bits per heavy atom. The van der Waals surface area contributed by atoms with Gasteiger partial charge in [-0.3, -0.25) is 19.7 Å². The molecule has 0 aliphatic rings. The van der Waals surface area contributed by atoms with E-state index >= 15 is 0 Å². The van der Waals surface area contributed by atoms with Crippen LogP contribution in [-0.2, 0) is 4.79 Å². The number of rotatable bonds is 5. The Kier molecular flexibility index (Phi) is 4.23. The van der Waals surface area contributed by atoms with Gasteiger partial charge in [0.25, 0.3) is 11.6 Å². The van der Waals surface area contributed by atoms with Crippen molar-refractivity contribution < 1.29 is 14.5 Å². The van der Waals surface area contributed by atoms with Crippen LogP contribution in [0, 0.1) is 10.1 Å². The molecule has 1 heterocycles. The number of primary amides is 1. The first-order valence-electron chi connectivity index (χ1n) is 5.63. The Balaban J connectivity index is 3.20. The molecule has 1 aromatic heterocycles. The summed E-state index contributed by atoms with van der Waals surface area (Å²) in [5.74, 6) is -1.24. The number of nitrogens with zero attached hydrogens (tertiary/aromatic N) is 2. The maximum atomic E-state index is 12.1. The zero-order valence-corrected chi connectivity index (χ0v) is 11.3. The molecule has 0 saturated carbocycles. The maximum absolute atomic E-state index is 12.1. The quantitative estimate of drug-likeness (QED) is 0.513. The van der Waals surface area contributed by atoms with E-state index in [-0.39, 0.29) is 11.4 Å². The number of aromatic nitrogens is 1. The third-order valence-electron chi connectivity index (χ3n) is 2.62. The maximum Gasteiger partial charge on any atom is 0.300 e. The second-order valence-corrected chi connectivity index (χ2v) is 4.54. The molecule has 0 aromatic carbocycles. The molecule has 0 atom stereocenters. The van der Waals surface area contributed by atoms with E-state index in [2.05, 4.69) is 15.6 Å². The standard InChI is InChI=1S/C11H15N5O4/c1-11(2,10(12)18)15-9(17)6-4-8(13-3)14-5-7(6)16(19)20/h4-5H,1-3H3,(H2,12,18)(H,13,14)(H,15,17). The minimum Gasteiger partial charge on any atom is -0.373 e. The monoisotopic (exact) mass is 281 g/mol. The molecule has 1 rings (SSSR count). The van der Waals surface area contributed by atoms with Gasteiger partial charge in [-0.2, -0.15) is 0 Å². The van der Waals surface area contributed by atoms with Crippen LogP contribution in [0.5, 0.6) is 0 Å². The number of carbonyl (C=O) groups is 2. The van der Waals surface area contributed by atoms with Crippen molar-refractivity contribution in [2.45, 2.75) is 19.4 Å². The molecule has 4 N–H and O–H groups in total. The number of carbonyl (C=O) groups excluding carboxylic acids is 2. The smallest absolute Gasteiger partial charge is 0.300 e. The van der Waals surface area contributed by atoms with Crippen molar-refractivity contribution >= 4 is 23.3 Å². The average molecular weight is 281 g/mol. The van der Waals surface area contributed by atoms with Crippen LogP contribution in [0.25, 0.3) is 0 Å². The molecule has 0 fully saturated rings. The summed E-state index contributed by atoms with van der Waals surface area (Å²) in [6.45, 7) is 2.80. The van der Waals surface area contributed by atoms with E-state index in [9.17, 15) is 19.7 Å². The van der Waals surface area contributed by atoms with Crippen molar-refractivity contribution in [1.29, 1.82) is 0 Å². The molecule has 2 amide bonds. The summed E-state index contributed by atoms with van der Waals surface area (Å²) in [6, 6.07) is 1.23. The van der Waals surface area contributed by atoms with Gasteiger partial charge in [0.15, 0.2) is 0 Å². The van der Waals surface area contributed by atoms with Crippen molar-refractivity contribution in [3.05, 3.63) is 27.9 Å². The first kappa shape index (κ1) is 15.3. The molecule has 0 aliphatic carbocycles. The minimum absolute atomic E-state index is 0.205. The van der Waals surface area contributed by atoms with Crippen molar-refractivity contribution in [3.63, 3.8) is 0 Å². The summed E-state index contributed by atoms with van der Waals surface area (Å²) in [4.78, 5) is 37.2. The Labute approximate surface area is 114 Å². The third kappa shape index (κ3) is 3.19. The van der Waals surface area contributed by atoms with Crippen molar-refractivity contribution in [2.24, 2.45) is 5.73 Å². The molecule has 0 aliphatic heterocycles. The van der Waals surface area contributed by atoms with Gasteiger partial charge in [-0.1, -0.05) is 0 Å². The van der Waals surface area contributed by atoms with Crippen LogP contribution >= 0.6 is 0 Å². The highest BCUT2D eigenvalue weighted by atomic mass is 16.6. The zero-order valence-electron chi connectivity index (χ0n) is 11.3. The zero-order chi connectivity index (χ0) is 15.5. The molecular formula is C11H15N5O4. The topological polar surface area (TPSA) is 140 Å². The second-order valence-electron chi connectivity index (χ2n) is 4.54. The van der Waals surface area contributed by atoms with Gasteiger partial charge in [0.05, 0.1) is 4.92 Å². The van der Waals surface area contributed by atoms with Crippen LogP contribution in [0.4, 0.5) is 11.5 Å². The third-order valence-corrected chi connectivity index (χ3v) is 2.62. The molecule has 1 aromatic rings. The van der Waals surface area contributed by atoms with Gasteiger partial charge in [0.1, 0.15) is 23.1 Å². The average Bonchev–Trinajstić information content (AvgIpc) is 2.37. The lowest BCUT2D eigenvalue weighted by Gasteiger charge is -2.22. The summed E-state index contributed by atoms with van der Waals surface area (Å²) in [6.07, 6.45) is 0.970. The van der Waals surface area contributed by atoms with Crippen molar-refractivity contribution in [3.8, 4) is 0 Å². The fourth-order valence-electron chi connectivity index (χ4n) is 1.32. The van der Waals surface area contributed by atoms with Gasteiger partial charge in [-0.15, -0.1) is 0 Å². The van der Waals surface area contributed by atoms with Crippen LogP contribution in [0.15, 0.2) is 12.3 Å². The van der Waals surface area contributed by atoms with Crippen molar-refractivity contribution in [1.82, 2.24) is 10.3 Å². The normalized spacial score (nSPS) is 10.8. The lowest BCUT2D eigenvalue weighted by molar-refractivity contribution is -0.385. The summed E-state index contributed by atoms with van der Waals surface area (Å²) in [7, 11) is 1.56. The van der Waals surface area contributed by atoms with Crippen LogP contribution in [-0.4, -0.2) is 34.3 Å². The highest BCUT2D eigenvalue weighted by Gasteiger charge is 2.30. The number of hydrogen-bond donors (Lipinski definition) is 3. The molecular weight excluding hydrogens is 266 g/mol. The van der Waals surface area contributed by atoms with Gasteiger partial charge in [-0.25, -0.2) is 4.98 Å². The Hall–Kier alpha value is -2.71. The fourth-order valence-corrected chi connectivity index (χ4v) is 1.32. The number of pyridine rings is 1. The Bertz CT molecular complexity index is 570. The highest BCUT2D eigenvalue weighted by Crippen LogP contribution is 2.20. The molecule has 20 heavy (non-hydrogen) atoms. The molecule has 0 spiro atoms. The largest absolute Gasteiger partial charge is 0.373 e. The highest BCUT2D eigenvalue weighted by molar-refractivity contribution is 6.01. The Morgan fingerprint density at radius 2 is 2.05 bits per heavy atom. The fraction of sp³-hybridized carbons (Fsp3) is 0.364. The van der Waals surface area contributed by atoms with Gasteiger partial charge in [0, 0.05) is 13.1 Å². The molecule has 0 bridgehead atoms. The summed E-state index contributed by atoms with van der Waals surface area (Å²) in [5, 5.41) is 15.9. The lowest BCUT2D eigenvalue weighted by Crippen LogP contribution is -2.53. The molecule has 9 heteroatoms. The van der Waals surface area contributed by atoms with E-state index in [0.29, 0.717) is 0 Å². The van der Waals surface area contributed by atoms with Gasteiger partial charge < -0.3 is 16.4 Å². The van der Waals surface area contributed by atoms with E-state index in [4.69, 9.17) is 5.73 Å². The van der Waals surface area contributed by atoms with E-state index in [1.54, 1.807) is 7.05 Å². The van der Waals surface area contributed by atoms with Crippen LogP contribution in [0.1, 0.15) is 24.2 Å². The van der Waals surface area contributed by atoms with Crippen LogP contribution < -0.4 is 16.4 Å². The summed E-state index contributed by atoms with van der Waals surface area (Å²) < 4.78 is 0. The second kappa shape index (κ2) is 5.51. The number of nitrogens with one attached hydrogen (secondary N) is 2. The predicted octanol–water partition coefficient (Wildman–Crippen LogP) is 0.0252. The number of hydrogen-bond acceptors (Lipinski definition) is 6.